The van der Waals surface area contributed by atoms with Gasteiger partial charge in [-0.3, -0.25) is 0 Å². The molecule has 0 bridgehead atoms. The van der Waals surface area contributed by atoms with Crippen molar-refractivity contribution in [2.24, 2.45) is 0 Å². The first kappa shape index (κ1) is 97.6. The second-order valence-corrected chi connectivity index (χ2v) is 22.8. The Morgan fingerprint density at radius 1 is 0.113 bits per heavy atom. The summed E-state index contributed by atoms with van der Waals surface area (Å²) in [6, 6.07) is 36.5. The fraction of sp³-hybridized carbons (Fsp3) is 0.692. The summed E-state index contributed by atoms with van der Waals surface area (Å²) in [7, 11) is 0. The maximum absolute atomic E-state index is 6.01. The molecule has 0 spiro atoms. The fourth-order valence-electron chi connectivity index (χ4n) is 8.92. The number of hydrogen-bond donors (Lipinski definition) is 0. The van der Waals surface area contributed by atoms with Gasteiger partial charge in [-0.25, -0.2) is 0 Å². The average Bonchev–Trinajstić information content (AvgIpc) is 0.872. The summed E-state index contributed by atoms with van der Waals surface area (Å²) in [6.45, 7) is 26.0. The van der Waals surface area contributed by atoms with Crippen molar-refractivity contribution in [3.8, 4) is 0 Å². The molecule has 0 aromatic heterocycles. The van der Waals surface area contributed by atoms with Crippen LogP contribution in [0, 0.1) is 0 Å². The van der Waals surface area contributed by atoms with E-state index in [9.17, 15) is 0 Å². The van der Waals surface area contributed by atoms with Crippen LogP contribution in [0.1, 0.15) is 33.4 Å². The summed E-state index contributed by atoms with van der Waals surface area (Å²) in [6.07, 6.45) is 0. The molecule has 4 aromatic carbocycles. The summed E-state index contributed by atoms with van der Waals surface area (Å²) < 4.78 is 153. The Kier molecular flexibility index (Phi) is 74.1. The molecule has 4 aromatic rings. The molecule has 0 atom stereocenters. The Labute approximate surface area is 673 Å². The quantitative estimate of drug-likeness (QED) is 0.0443. The molecule has 0 amide bonds. The first-order valence-electron chi connectivity index (χ1n) is 37.2. The predicted molar refractivity (Wildman–Crippen MR) is 391 cm³/mol. The molecule has 0 fully saturated rings. The topological polar surface area (TPSA) is 249 Å². The third-order valence-electron chi connectivity index (χ3n) is 14.2. The fourth-order valence-corrected chi connectivity index (χ4v) is 8.92. The zero-order chi connectivity index (χ0) is 73.5. The number of rotatable bonds is 84. The Morgan fingerprint density at radius 2 is 0.208 bits per heavy atom. The van der Waals surface area contributed by atoms with E-state index in [0.29, 0.717) is 357 Å². The van der Waals surface area contributed by atoms with Gasteiger partial charge >= 0.3 is 51.4 Å². The molecule has 0 N–H and O–H groups in total. The van der Waals surface area contributed by atoms with Crippen LogP contribution < -0.4 is 51.4 Å². The summed E-state index contributed by atoms with van der Waals surface area (Å²) in [5.74, 6) is 0. The second-order valence-electron chi connectivity index (χ2n) is 22.8. The number of benzene rings is 4. The minimum Gasteiger partial charge on any atom is -0.377 e. The Balaban J connectivity index is 0.0000292. The molecular formula is C78H126KO27+. The predicted octanol–water partition coefficient (Wildman–Crippen LogP) is 4.24. The Bertz CT molecular complexity index is 2100. The summed E-state index contributed by atoms with van der Waals surface area (Å²) in [5, 5.41) is 0. The van der Waals surface area contributed by atoms with Crippen molar-refractivity contribution in [2.75, 3.05) is 317 Å². The average molecular weight is 1530 g/mol. The first-order chi connectivity index (χ1) is 52.3. The van der Waals surface area contributed by atoms with Gasteiger partial charge in [0.2, 0.25) is 0 Å². The third-order valence-corrected chi connectivity index (χ3v) is 14.2. The molecule has 4 rings (SSSR count). The molecule has 106 heavy (non-hydrogen) atoms. The van der Waals surface area contributed by atoms with Crippen LogP contribution in [0.4, 0.5) is 0 Å². The van der Waals surface area contributed by atoms with Gasteiger partial charge < -0.3 is 128 Å². The summed E-state index contributed by atoms with van der Waals surface area (Å²) in [5.41, 5.74) is 6.44. The van der Waals surface area contributed by atoms with Crippen molar-refractivity contribution in [3.05, 3.63) is 143 Å². The van der Waals surface area contributed by atoms with Crippen molar-refractivity contribution in [2.45, 2.75) is 39.6 Å². The molecule has 0 saturated heterocycles. The maximum atomic E-state index is 6.01. The molecule has 0 saturated carbocycles. The van der Waals surface area contributed by atoms with E-state index >= 15 is 0 Å². The SMILES string of the molecule is [K+].c1ccc(COCCOCCOCCOCCOCCOCCOCCOCCOCc2cc(COCCOCCOCCOCCOCCOCCOCCOCCOCc3ccccc3)cc(COCCOCCOCCOCCOCCOCCOCCOCCOCc3ccccc3)c2)cc1. The normalized spacial score (nSPS) is 11.5. The number of hydrogen-bond acceptors (Lipinski definition) is 27. The van der Waals surface area contributed by atoms with Gasteiger partial charge in [-0.2, -0.15) is 0 Å². The molecule has 0 aliphatic carbocycles. The standard InChI is InChI=1S/C78H126O27.K/c1-4-10-73(11-5-1)67-100-58-52-94-46-40-88-34-28-82-22-16-79-19-25-85-31-37-91-43-49-97-55-61-103-70-76-64-77(71-104-62-56-98-50-44-92-38-32-86-26-20-80-17-23-83-29-35-89-41-47-95-53-59-101-68-74-12-6-2-7-13-74)66-78(65-76)72-105-63-57-99-51-45-93-39-33-87-27-21-81-18-24-84-30-36-90-42-48-96-54-60-102-69-75-14-8-3-9-15-75;/h1-15,64-66H,16-63,67-72H2;/q;+1. The molecule has 0 aliphatic rings. The molecule has 0 heterocycles. The largest absolute Gasteiger partial charge is 1.00 e. The van der Waals surface area contributed by atoms with Crippen LogP contribution in [0.2, 0.25) is 0 Å². The van der Waals surface area contributed by atoms with Gasteiger partial charge in [0.15, 0.2) is 0 Å². The van der Waals surface area contributed by atoms with Gasteiger partial charge in [-0.15, -0.1) is 0 Å². The van der Waals surface area contributed by atoms with Gasteiger partial charge in [0.1, 0.15) is 0 Å². The zero-order valence-corrected chi connectivity index (χ0v) is 66.7. The van der Waals surface area contributed by atoms with E-state index in [-0.39, 0.29) is 51.4 Å². The van der Waals surface area contributed by atoms with E-state index in [0.717, 1.165) is 33.4 Å². The molecule has 28 heteroatoms. The monoisotopic (exact) mass is 1530 g/mol. The first-order valence-corrected chi connectivity index (χ1v) is 37.2. The van der Waals surface area contributed by atoms with Gasteiger partial charge in [0.25, 0.3) is 0 Å². The molecular weight excluding hydrogens is 1410 g/mol. The molecule has 0 aliphatic heterocycles. The van der Waals surface area contributed by atoms with E-state index < -0.39 is 0 Å². The van der Waals surface area contributed by atoms with E-state index in [2.05, 4.69) is 18.2 Å². The van der Waals surface area contributed by atoms with Gasteiger partial charge in [0, 0.05) is 0 Å². The van der Waals surface area contributed by atoms with E-state index in [4.69, 9.17) is 128 Å². The van der Waals surface area contributed by atoms with Crippen LogP contribution in [0.15, 0.2) is 109 Å². The summed E-state index contributed by atoms with van der Waals surface area (Å²) in [4.78, 5) is 0. The van der Waals surface area contributed by atoms with Crippen LogP contribution in [0.3, 0.4) is 0 Å². The second kappa shape index (κ2) is 80.5. The van der Waals surface area contributed by atoms with E-state index in [1.165, 1.54) is 0 Å². The zero-order valence-electron chi connectivity index (χ0n) is 63.6. The molecule has 27 nitrogen and oxygen atoms in total. The maximum Gasteiger partial charge on any atom is 1.00 e. The third kappa shape index (κ3) is 67.2. The van der Waals surface area contributed by atoms with Gasteiger partial charge in [-0.1, -0.05) is 109 Å². The van der Waals surface area contributed by atoms with Crippen molar-refractivity contribution in [3.63, 3.8) is 0 Å². The van der Waals surface area contributed by atoms with Crippen molar-refractivity contribution < 1.29 is 179 Å². The molecule has 0 unspecified atom stereocenters. The molecule has 600 valence electrons. The number of ether oxygens (including phenoxy) is 27. The minimum absolute atomic E-state index is 0. The van der Waals surface area contributed by atoms with E-state index in [1.807, 2.05) is 91.0 Å². The minimum atomic E-state index is 0. The Hall–Kier alpha value is -2.56. The van der Waals surface area contributed by atoms with E-state index in [1.54, 1.807) is 0 Å². The smallest absolute Gasteiger partial charge is 0.377 e. The van der Waals surface area contributed by atoms with Gasteiger partial charge in [0.05, 0.1) is 357 Å². The van der Waals surface area contributed by atoms with Gasteiger partial charge in [-0.05, 0) is 33.4 Å². The molecule has 0 radical (unpaired) electrons. The van der Waals surface area contributed by atoms with Crippen LogP contribution in [-0.4, -0.2) is 317 Å². The van der Waals surface area contributed by atoms with Crippen molar-refractivity contribution in [1.82, 2.24) is 0 Å². The summed E-state index contributed by atoms with van der Waals surface area (Å²) >= 11 is 0. The van der Waals surface area contributed by atoms with Crippen LogP contribution in [0.5, 0.6) is 0 Å². The van der Waals surface area contributed by atoms with Crippen LogP contribution >= 0.6 is 0 Å². The van der Waals surface area contributed by atoms with Crippen molar-refractivity contribution in [1.29, 1.82) is 0 Å². The van der Waals surface area contributed by atoms with Crippen molar-refractivity contribution >= 4 is 0 Å². The van der Waals surface area contributed by atoms with Crippen LogP contribution in [-0.2, 0) is 168 Å². The van der Waals surface area contributed by atoms with Crippen LogP contribution in [0.25, 0.3) is 0 Å². The Morgan fingerprint density at radius 3 is 0.321 bits per heavy atom.